The van der Waals surface area contributed by atoms with Gasteiger partial charge in [0.25, 0.3) is 0 Å². The lowest BCUT2D eigenvalue weighted by molar-refractivity contribution is 0.126. The van der Waals surface area contributed by atoms with E-state index in [4.69, 9.17) is 0 Å². The van der Waals surface area contributed by atoms with Gasteiger partial charge < -0.3 is 4.90 Å². The molecule has 1 aliphatic rings. The predicted octanol–water partition coefficient (Wildman–Crippen LogP) is 1.80. The van der Waals surface area contributed by atoms with Crippen LogP contribution in [0.5, 0.6) is 0 Å². The summed E-state index contributed by atoms with van der Waals surface area (Å²) in [6.45, 7) is 3.62. The summed E-state index contributed by atoms with van der Waals surface area (Å²) in [5.74, 6) is 0. The molecule has 0 saturated heterocycles. The molecule has 0 unspecified atom stereocenters. The lowest BCUT2D eigenvalue weighted by Gasteiger charge is -2.37. The maximum atomic E-state index is 3.52. The van der Waals surface area contributed by atoms with Crippen LogP contribution in [0.15, 0.2) is 0 Å². The Hall–Kier alpha value is 0.400. The van der Waals surface area contributed by atoms with Gasteiger partial charge in [0.05, 0.1) is 0 Å². The molecule has 1 saturated carbocycles. The van der Waals surface area contributed by atoms with E-state index in [1.165, 1.54) is 38.9 Å². The summed E-state index contributed by atoms with van der Waals surface area (Å²) < 4.78 is 0. The summed E-state index contributed by atoms with van der Waals surface area (Å²) in [6.07, 6.45) is 4.27. The molecule has 1 fully saturated rings. The van der Waals surface area contributed by atoms with Crippen LogP contribution in [-0.2, 0) is 0 Å². The number of alkyl halides is 1. The first-order valence-electron chi connectivity index (χ1n) is 5.19. The van der Waals surface area contributed by atoms with Crippen molar-refractivity contribution in [2.24, 2.45) is 0 Å². The van der Waals surface area contributed by atoms with Crippen LogP contribution >= 0.6 is 15.9 Å². The van der Waals surface area contributed by atoms with Crippen LogP contribution in [0.2, 0.25) is 0 Å². The summed E-state index contributed by atoms with van der Waals surface area (Å²) in [7, 11) is 4.29. The summed E-state index contributed by atoms with van der Waals surface area (Å²) >= 11 is 3.52. The summed E-state index contributed by atoms with van der Waals surface area (Å²) in [4.78, 5) is 4.89. The monoisotopic (exact) mass is 248 g/mol. The third-order valence-electron chi connectivity index (χ3n) is 2.80. The Morgan fingerprint density at radius 1 is 1.15 bits per heavy atom. The highest BCUT2D eigenvalue weighted by atomic mass is 79.9. The van der Waals surface area contributed by atoms with E-state index < -0.39 is 0 Å². The molecule has 0 atom stereocenters. The fraction of sp³-hybridized carbons (Fsp3) is 1.00. The lowest BCUT2D eigenvalue weighted by Crippen LogP contribution is -2.44. The van der Waals surface area contributed by atoms with Gasteiger partial charge in [-0.1, -0.05) is 22.4 Å². The fourth-order valence-corrected chi connectivity index (χ4v) is 2.12. The SMILES string of the molecule is CN(C)CCN(CCBr)C1CCC1. The zero-order valence-electron chi connectivity index (χ0n) is 8.80. The largest absolute Gasteiger partial charge is 0.308 e. The van der Waals surface area contributed by atoms with Gasteiger partial charge in [0.1, 0.15) is 0 Å². The first-order chi connectivity index (χ1) is 6.24. The number of hydrogen-bond donors (Lipinski definition) is 0. The van der Waals surface area contributed by atoms with Crippen LogP contribution in [0, 0.1) is 0 Å². The van der Waals surface area contributed by atoms with E-state index >= 15 is 0 Å². The molecule has 1 rings (SSSR count). The number of rotatable bonds is 6. The second kappa shape index (κ2) is 5.99. The first kappa shape index (κ1) is 11.5. The molecule has 0 bridgehead atoms. The van der Waals surface area contributed by atoms with Gasteiger partial charge in [-0.3, -0.25) is 4.90 Å². The number of nitrogens with zero attached hydrogens (tertiary/aromatic N) is 2. The van der Waals surface area contributed by atoms with Crippen molar-refractivity contribution >= 4 is 15.9 Å². The topological polar surface area (TPSA) is 6.48 Å². The second-order valence-corrected chi connectivity index (χ2v) is 4.91. The molecule has 13 heavy (non-hydrogen) atoms. The van der Waals surface area contributed by atoms with E-state index in [1.807, 2.05) is 0 Å². The van der Waals surface area contributed by atoms with Gasteiger partial charge in [-0.05, 0) is 26.9 Å². The normalized spacial score (nSPS) is 18.2. The maximum Gasteiger partial charge on any atom is 0.0159 e. The number of likely N-dealkylation sites (N-methyl/N-ethyl adjacent to an activating group) is 1. The zero-order chi connectivity index (χ0) is 9.68. The summed E-state index contributed by atoms with van der Waals surface area (Å²) in [6, 6.07) is 0.887. The Kier molecular flexibility index (Phi) is 5.29. The van der Waals surface area contributed by atoms with Crippen LogP contribution in [0.25, 0.3) is 0 Å². The quantitative estimate of drug-likeness (QED) is 0.662. The van der Waals surface area contributed by atoms with Crippen LogP contribution < -0.4 is 0 Å². The van der Waals surface area contributed by atoms with E-state index in [1.54, 1.807) is 0 Å². The van der Waals surface area contributed by atoms with Crippen LogP contribution in [-0.4, -0.2) is 54.9 Å². The van der Waals surface area contributed by atoms with Gasteiger partial charge in [0.15, 0.2) is 0 Å². The van der Waals surface area contributed by atoms with Crippen molar-refractivity contribution in [3.8, 4) is 0 Å². The zero-order valence-corrected chi connectivity index (χ0v) is 10.4. The van der Waals surface area contributed by atoms with Gasteiger partial charge >= 0.3 is 0 Å². The maximum absolute atomic E-state index is 3.52. The van der Waals surface area contributed by atoms with Crippen LogP contribution in [0.3, 0.4) is 0 Å². The van der Waals surface area contributed by atoms with E-state index in [2.05, 4.69) is 39.8 Å². The Morgan fingerprint density at radius 3 is 2.23 bits per heavy atom. The fourth-order valence-electron chi connectivity index (χ4n) is 1.67. The molecule has 0 aromatic carbocycles. The Morgan fingerprint density at radius 2 is 1.85 bits per heavy atom. The smallest absolute Gasteiger partial charge is 0.0159 e. The highest BCUT2D eigenvalue weighted by Crippen LogP contribution is 2.24. The molecule has 0 radical (unpaired) electrons. The molecular weight excluding hydrogens is 228 g/mol. The van der Waals surface area contributed by atoms with Crippen molar-refractivity contribution in [3.63, 3.8) is 0 Å². The van der Waals surface area contributed by atoms with Gasteiger partial charge in [0, 0.05) is 31.0 Å². The highest BCUT2D eigenvalue weighted by molar-refractivity contribution is 9.09. The number of hydrogen-bond acceptors (Lipinski definition) is 2. The molecule has 0 aliphatic heterocycles. The van der Waals surface area contributed by atoms with E-state index in [0.717, 1.165) is 11.4 Å². The molecule has 3 heteroatoms. The van der Waals surface area contributed by atoms with E-state index in [-0.39, 0.29) is 0 Å². The molecule has 0 spiro atoms. The highest BCUT2D eigenvalue weighted by Gasteiger charge is 2.23. The minimum Gasteiger partial charge on any atom is -0.308 e. The average molecular weight is 249 g/mol. The molecule has 78 valence electrons. The predicted molar refractivity (Wildman–Crippen MR) is 61.6 cm³/mol. The first-order valence-corrected chi connectivity index (χ1v) is 6.31. The van der Waals surface area contributed by atoms with Crippen molar-refractivity contribution in [3.05, 3.63) is 0 Å². The van der Waals surface area contributed by atoms with Gasteiger partial charge in [-0.25, -0.2) is 0 Å². The number of halogens is 1. The van der Waals surface area contributed by atoms with Crippen molar-refractivity contribution in [2.75, 3.05) is 39.1 Å². The summed E-state index contributed by atoms with van der Waals surface area (Å²) in [5.41, 5.74) is 0. The van der Waals surface area contributed by atoms with Crippen LogP contribution in [0.1, 0.15) is 19.3 Å². The molecule has 2 nitrogen and oxygen atoms in total. The standard InChI is InChI=1S/C10H21BrN2/c1-12(2)8-9-13(7-6-11)10-4-3-5-10/h10H,3-9H2,1-2H3. The molecule has 0 heterocycles. The Labute approximate surface area is 90.4 Å². The molecule has 0 amide bonds. The van der Waals surface area contributed by atoms with Crippen molar-refractivity contribution in [2.45, 2.75) is 25.3 Å². The molecular formula is C10H21BrN2. The Bertz CT molecular complexity index is 135. The van der Waals surface area contributed by atoms with Gasteiger partial charge in [-0.15, -0.1) is 0 Å². The van der Waals surface area contributed by atoms with Gasteiger partial charge in [-0.2, -0.15) is 0 Å². The summed E-state index contributed by atoms with van der Waals surface area (Å²) in [5, 5.41) is 1.11. The van der Waals surface area contributed by atoms with E-state index in [9.17, 15) is 0 Å². The van der Waals surface area contributed by atoms with Gasteiger partial charge in [0.2, 0.25) is 0 Å². The van der Waals surface area contributed by atoms with Crippen molar-refractivity contribution in [1.82, 2.24) is 9.80 Å². The minimum atomic E-state index is 0.887. The average Bonchev–Trinajstić information content (AvgIpc) is 1.97. The van der Waals surface area contributed by atoms with Crippen LogP contribution in [0.4, 0.5) is 0 Å². The lowest BCUT2D eigenvalue weighted by atomic mass is 9.91. The molecule has 0 aromatic heterocycles. The second-order valence-electron chi connectivity index (χ2n) is 4.11. The minimum absolute atomic E-state index is 0.887. The molecule has 1 aliphatic carbocycles. The molecule has 0 N–H and O–H groups in total. The van der Waals surface area contributed by atoms with Crippen molar-refractivity contribution in [1.29, 1.82) is 0 Å². The Balaban J connectivity index is 2.20. The third-order valence-corrected chi connectivity index (χ3v) is 3.15. The van der Waals surface area contributed by atoms with E-state index in [0.29, 0.717) is 0 Å². The third kappa shape index (κ3) is 3.96. The molecule has 0 aromatic rings. The van der Waals surface area contributed by atoms with Crippen molar-refractivity contribution < 1.29 is 0 Å².